The maximum absolute atomic E-state index is 13.7. The summed E-state index contributed by atoms with van der Waals surface area (Å²) in [6.07, 6.45) is 6.30. The second kappa shape index (κ2) is 11.4. The second-order valence-electron chi connectivity index (χ2n) is 12.9. The van der Waals surface area contributed by atoms with Crippen molar-refractivity contribution >= 4 is 28.9 Å². The summed E-state index contributed by atoms with van der Waals surface area (Å²) in [6.45, 7) is 7.08. The highest BCUT2D eigenvalue weighted by Crippen LogP contribution is 2.46. The smallest absolute Gasteiger partial charge is 0.340 e. The maximum atomic E-state index is 13.7. The third-order valence-electron chi connectivity index (χ3n) is 9.88. The van der Waals surface area contributed by atoms with Gasteiger partial charge in [0.15, 0.2) is 11.6 Å². The van der Waals surface area contributed by atoms with Crippen molar-refractivity contribution in [3.8, 4) is 0 Å². The number of benzene rings is 3. The lowest BCUT2D eigenvalue weighted by atomic mass is 9.65. The standard InChI is InChI=1S/C36H40N2O4/c1-20(2)23-12-13-25-17-26(15-14-24(25)16-23)42-36(41)29-18-30(38-19-22-10-8-21(3)9-11-22)31-32(33(29)37)35(40)28-7-5-4-6-27(28)34(31)39/h4-11,18,20,23-26,38H,12-17,19,37H2,1-3H3. The van der Waals surface area contributed by atoms with E-state index in [-0.39, 0.29) is 40.0 Å². The monoisotopic (exact) mass is 564 g/mol. The van der Waals surface area contributed by atoms with Crippen molar-refractivity contribution in [2.75, 3.05) is 11.1 Å². The van der Waals surface area contributed by atoms with Crippen molar-refractivity contribution in [1.82, 2.24) is 0 Å². The molecule has 0 amide bonds. The molecule has 3 N–H and O–H groups in total. The van der Waals surface area contributed by atoms with Crippen LogP contribution in [0.3, 0.4) is 0 Å². The Morgan fingerprint density at radius 3 is 2.24 bits per heavy atom. The summed E-state index contributed by atoms with van der Waals surface area (Å²) in [7, 11) is 0. The fourth-order valence-corrected chi connectivity index (χ4v) is 7.34. The predicted octanol–water partition coefficient (Wildman–Crippen LogP) is 7.36. The first-order chi connectivity index (χ1) is 20.2. The number of nitrogen functional groups attached to an aromatic ring is 1. The van der Waals surface area contributed by atoms with Crippen LogP contribution < -0.4 is 11.1 Å². The minimum atomic E-state index is -0.535. The molecule has 0 saturated heterocycles. The van der Waals surface area contributed by atoms with Crippen LogP contribution in [0.15, 0.2) is 54.6 Å². The van der Waals surface area contributed by atoms with Crippen LogP contribution in [0.1, 0.15) is 106 Å². The average Bonchev–Trinajstić information content (AvgIpc) is 2.99. The van der Waals surface area contributed by atoms with Gasteiger partial charge >= 0.3 is 5.97 Å². The van der Waals surface area contributed by atoms with Gasteiger partial charge in [0.05, 0.1) is 22.4 Å². The van der Waals surface area contributed by atoms with Gasteiger partial charge in [-0.25, -0.2) is 4.79 Å². The second-order valence-corrected chi connectivity index (χ2v) is 12.9. The molecule has 6 heteroatoms. The summed E-state index contributed by atoms with van der Waals surface area (Å²) in [6, 6.07) is 16.4. The Morgan fingerprint density at radius 1 is 0.905 bits per heavy atom. The largest absolute Gasteiger partial charge is 0.459 e. The maximum Gasteiger partial charge on any atom is 0.340 e. The van der Waals surface area contributed by atoms with E-state index >= 15 is 0 Å². The van der Waals surface area contributed by atoms with E-state index in [4.69, 9.17) is 10.5 Å². The van der Waals surface area contributed by atoms with Crippen molar-refractivity contribution in [3.05, 3.63) is 93.5 Å². The van der Waals surface area contributed by atoms with Crippen LogP contribution >= 0.6 is 0 Å². The Bertz CT molecular complexity index is 1540. The highest BCUT2D eigenvalue weighted by atomic mass is 16.5. The Labute approximate surface area is 248 Å². The van der Waals surface area contributed by atoms with E-state index in [1.165, 1.54) is 19.3 Å². The minimum absolute atomic E-state index is 0.00914. The summed E-state index contributed by atoms with van der Waals surface area (Å²) < 4.78 is 6.09. The van der Waals surface area contributed by atoms with Crippen molar-refractivity contribution in [1.29, 1.82) is 0 Å². The minimum Gasteiger partial charge on any atom is -0.459 e. The van der Waals surface area contributed by atoms with Gasteiger partial charge in [-0.1, -0.05) is 67.9 Å². The van der Waals surface area contributed by atoms with Gasteiger partial charge in [-0.3, -0.25) is 9.59 Å². The van der Waals surface area contributed by atoms with Gasteiger partial charge in [-0.2, -0.15) is 0 Å². The summed E-state index contributed by atoms with van der Waals surface area (Å²) >= 11 is 0. The van der Waals surface area contributed by atoms with Crippen molar-refractivity contribution < 1.29 is 19.1 Å². The topological polar surface area (TPSA) is 98.5 Å². The van der Waals surface area contributed by atoms with E-state index < -0.39 is 5.97 Å². The molecule has 42 heavy (non-hydrogen) atoms. The summed E-state index contributed by atoms with van der Waals surface area (Å²) in [4.78, 5) is 41.1. The number of ketones is 2. The molecule has 0 aromatic heterocycles. The van der Waals surface area contributed by atoms with Crippen LogP contribution in [0.25, 0.3) is 0 Å². The number of anilines is 2. The number of carbonyl (C=O) groups is 3. The highest BCUT2D eigenvalue weighted by Gasteiger charge is 2.39. The Hall–Kier alpha value is -3.93. The summed E-state index contributed by atoms with van der Waals surface area (Å²) in [5.41, 5.74) is 10.2. The number of aryl methyl sites for hydroxylation is 1. The van der Waals surface area contributed by atoms with E-state index in [2.05, 4.69) is 19.2 Å². The third-order valence-corrected chi connectivity index (χ3v) is 9.88. The van der Waals surface area contributed by atoms with Crippen LogP contribution in [0.2, 0.25) is 0 Å². The lowest BCUT2D eigenvalue weighted by molar-refractivity contribution is -0.00818. The van der Waals surface area contributed by atoms with Crippen LogP contribution in [-0.2, 0) is 11.3 Å². The van der Waals surface area contributed by atoms with E-state index in [0.29, 0.717) is 41.1 Å². The number of rotatable bonds is 6. The first-order valence-corrected chi connectivity index (χ1v) is 15.4. The van der Waals surface area contributed by atoms with Gasteiger partial charge in [-0.15, -0.1) is 0 Å². The van der Waals surface area contributed by atoms with Crippen molar-refractivity contribution in [2.45, 2.75) is 71.9 Å². The number of esters is 1. The normalized spacial score (nSPS) is 23.1. The van der Waals surface area contributed by atoms with Crippen molar-refractivity contribution in [3.63, 3.8) is 0 Å². The molecular formula is C36H40N2O4. The molecule has 0 aliphatic heterocycles. The first kappa shape index (κ1) is 28.2. The summed E-state index contributed by atoms with van der Waals surface area (Å²) in [5.74, 6) is 1.61. The quantitative estimate of drug-likeness (QED) is 0.188. The molecular weight excluding hydrogens is 524 g/mol. The van der Waals surface area contributed by atoms with E-state index in [1.54, 1.807) is 30.3 Å². The van der Waals surface area contributed by atoms with Gasteiger partial charge in [0.25, 0.3) is 0 Å². The number of hydrogen-bond acceptors (Lipinski definition) is 6. The first-order valence-electron chi connectivity index (χ1n) is 15.4. The molecule has 218 valence electrons. The van der Waals surface area contributed by atoms with Gasteiger partial charge in [-0.05, 0) is 80.8 Å². The summed E-state index contributed by atoms with van der Waals surface area (Å²) in [5, 5.41) is 3.33. The molecule has 3 aromatic carbocycles. The number of hydrogen-bond donors (Lipinski definition) is 2. The van der Waals surface area contributed by atoms with Crippen LogP contribution in [0.5, 0.6) is 0 Å². The van der Waals surface area contributed by atoms with Crippen LogP contribution in [-0.4, -0.2) is 23.6 Å². The van der Waals surface area contributed by atoms with Crippen LogP contribution in [0, 0.1) is 30.6 Å². The molecule has 4 atom stereocenters. The molecule has 2 fully saturated rings. The molecule has 6 rings (SSSR count). The molecule has 2 saturated carbocycles. The van der Waals surface area contributed by atoms with Crippen molar-refractivity contribution in [2.24, 2.45) is 23.7 Å². The SMILES string of the molecule is Cc1ccc(CNc2cc(C(=O)OC3CCC4CC(C(C)C)CCC4C3)c(N)c3c2C(=O)c2ccccc2C3=O)cc1. The fraction of sp³-hybridized carbons (Fsp3) is 0.417. The molecule has 4 unspecified atom stereocenters. The molecule has 3 aliphatic carbocycles. The number of nitrogens with two attached hydrogens (primary N) is 1. The molecule has 6 nitrogen and oxygen atoms in total. The number of ether oxygens (including phenoxy) is 1. The zero-order valence-electron chi connectivity index (χ0n) is 24.7. The van der Waals surface area contributed by atoms with Gasteiger partial charge in [0.2, 0.25) is 0 Å². The van der Waals surface area contributed by atoms with Gasteiger partial charge in [0.1, 0.15) is 6.10 Å². The van der Waals surface area contributed by atoms with Crippen LogP contribution in [0.4, 0.5) is 11.4 Å². The fourth-order valence-electron chi connectivity index (χ4n) is 7.34. The molecule has 0 heterocycles. The van der Waals surface area contributed by atoms with E-state index in [0.717, 1.165) is 36.3 Å². The van der Waals surface area contributed by atoms with E-state index in [1.807, 2.05) is 31.2 Å². The van der Waals surface area contributed by atoms with Gasteiger partial charge in [0, 0.05) is 23.4 Å². The Kier molecular flexibility index (Phi) is 7.65. The van der Waals surface area contributed by atoms with Gasteiger partial charge < -0.3 is 15.8 Å². The molecule has 0 radical (unpaired) electrons. The number of nitrogens with one attached hydrogen (secondary N) is 1. The van der Waals surface area contributed by atoms with E-state index in [9.17, 15) is 14.4 Å². The predicted molar refractivity (Wildman–Crippen MR) is 165 cm³/mol. The Balaban J connectivity index is 1.29. The molecule has 3 aromatic rings. The number of carbonyl (C=O) groups excluding carboxylic acids is 3. The third kappa shape index (κ3) is 5.23. The number of fused-ring (bicyclic) bond motifs is 3. The lowest BCUT2D eigenvalue weighted by Gasteiger charge is -2.43. The molecule has 0 bridgehead atoms. The lowest BCUT2D eigenvalue weighted by Crippen LogP contribution is -2.36. The molecule has 3 aliphatic rings. The molecule has 0 spiro atoms. The Morgan fingerprint density at radius 2 is 1.55 bits per heavy atom. The average molecular weight is 565 g/mol. The zero-order valence-corrected chi connectivity index (χ0v) is 24.7. The zero-order chi connectivity index (χ0) is 29.5. The highest BCUT2D eigenvalue weighted by molar-refractivity contribution is 6.32.